The van der Waals surface area contributed by atoms with E-state index in [9.17, 15) is 0 Å². The number of benzene rings is 1. The van der Waals surface area contributed by atoms with Gasteiger partial charge >= 0.3 is 0 Å². The van der Waals surface area contributed by atoms with Gasteiger partial charge in [-0.3, -0.25) is 4.99 Å². The van der Waals surface area contributed by atoms with Crippen molar-refractivity contribution in [2.75, 3.05) is 45.2 Å². The zero-order valence-electron chi connectivity index (χ0n) is 15.4. The average molecular weight is 354 g/mol. The van der Waals surface area contributed by atoms with Gasteiger partial charge in [0.15, 0.2) is 5.96 Å². The van der Waals surface area contributed by atoms with Crippen molar-refractivity contribution in [3.8, 4) is 0 Å². The quantitative estimate of drug-likeness (QED) is 0.649. The summed E-state index contributed by atoms with van der Waals surface area (Å²) in [7, 11) is 3.54. The molecule has 138 valence electrons. The van der Waals surface area contributed by atoms with Crippen molar-refractivity contribution in [2.24, 2.45) is 4.99 Å². The molecule has 1 aliphatic rings. The van der Waals surface area contributed by atoms with E-state index in [2.05, 4.69) is 54.3 Å². The summed E-state index contributed by atoms with van der Waals surface area (Å²) >= 11 is 0. The van der Waals surface area contributed by atoms with E-state index in [4.69, 9.17) is 4.74 Å². The zero-order chi connectivity index (χ0) is 18.2. The second-order valence-electron chi connectivity index (χ2n) is 6.18. The Hall–Kier alpha value is -2.67. The predicted molar refractivity (Wildman–Crippen MR) is 103 cm³/mol. The van der Waals surface area contributed by atoms with Gasteiger partial charge in [0, 0.05) is 59.3 Å². The molecule has 3 rings (SSSR count). The van der Waals surface area contributed by atoms with Crippen LogP contribution >= 0.6 is 0 Å². The molecule has 0 atom stereocenters. The SMILES string of the molecule is CN=C(NCc1cccc(COC)c1)N1CCN(c2ncccn2)CC1. The Labute approximate surface area is 154 Å². The van der Waals surface area contributed by atoms with Crippen LogP contribution in [0.25, 0.3) is 0 Å². The summed E-state index contributed by atoms with van der Waals surface area (Å²) in [4.78, 5) is 17.6. The van der Waals surface area contributed by atoms with Crippen LogP contribution in [-0.4, -0.2) is 61.2 Å². The number of piperazine rings is 1. The molecule has 0 bridgehead atoms. The van der Waals surface area contributed by atoms with Crippen LogP contribution in [0.5, 0.6) is 0 Å². The molecule has 1 aromatic heterocycles. The summed E-state index contributed by atoms with van der Waals surface area (Å²) in [5.41, 5.74) is 2.40. The molecule has 0 aliphatic carbocycles. The van der Waals surface area contributed by atoms with Crippen LogP contribution in [0.3, 0.4) is 0 Å². The van der Waals surface area contributed by atoms with Crippen LogP contribution in [0.15, 0.2) is 47.7 Å². The van der Waals surface area contributed by atoms with Crippen molar-refractivity contribution in [2.45, 2.75) is 13.2 Å². The number of anilines is 1. The van der Waals surface area contributed by atoms with E-state index in [0.717, 1.165) is 44.6 Å². The van der Waals surface area contributed by atoms with E-state index in [1.54, 1.807) is 19.5 Å². The van der Waals surface area contributed by atoms with Crippen molar-refractivity contribution in [3.63, 3.8) is 0 Å². The van der Waals surface area contributed by atoms with Crippen LogP contribution in [-0.2, 0) is 17.9 Å². The Morgan fingerprint density at radius 2 is 1.85 bits per heavy atom. The van der Waals surface area contributed by atoms with Gasteiger partial charge in [-0.2, -0.15) is 0 Å². The minimum atomic E-state index is 0.631. The van der Waals surface area contributed by atoms with Gasteiger partial charge in [-0.05, 0) is 17.2 Å². The second kappa shape index (κ2) is 9.15. The Bertz CT molecular complexity index is 713. The number of guanidine groups is 1. The van der Waals surface area contributed by atoms with Crippen LogP contribution < -0.4 is 10.2 Å². The number of nitrogens with one attached hydrogen (secondary N) is 1. The Morgan fingerprint density at radius 1 is 1.12 bits per heavy atom. The lowest BCUT2D eigenvalue weighted by atomic mass is 10.1. The highest BCUT2D eigenvalue weighted by Gasteiger charge is 2.20. The highest BCUT2D eigenvalue weighted by molar-refractivity contribution is 5.80. The Morgan fingerprint density at radius 3 is 2.54 bits per heavy atom. The van der Waals surface area contributed by atoms with Crippen LogP contribution in [0.1, 0.15) is 11.1 Å². The lowest BCUT2D eigenvalue weighted by molar-refractivity contribution is 0.185. The molecule has 7 nitrogen and oxygen atoms in total. The van der Waals surface area contributed by atoms with Crippen molar-refractivity contribution in [3.05, 3.63) is 53.9 Å². The largest absolute Gasteiger partial charge is 0.380 e. The second-order valence-corrected chi connectivity index (χ2v) is 6.18. The lowest BCUT2D eigenvalue weighted by Gasteiger charge is -2.36. The highest BCUT2D eigenvalue weighted by Crippen LogP contribution is 2.10. The molecule has 1 aliphatic heterocycles. The van der Waals surface area contributed by atoms with Gasteiger partial charge in [-0.15, -0.1) is 0 Å². The molecule has 1 saturated heterocycles. The van der Waals surface area contributed by atoms with Gasteiger partial charge in [-0.1, -0.05) is 24.3 Å². The van der Waals surface area contributed by atoms with E-state index in [-0.39, 0.29) is 0 Å². The van der Waals surface area contributed by atoms with E-state index in [0.29, 0.717) is 6.61 Å². The molecule has 0 amide bonds. The van der Waals surface area contributed by atoms with E-state index in [1.165, 1.54) is 11.1 Å². The molecule has 1 aromatic carbocycles. The molecule has 0 spiro atoms. The predicted octanol–water partition coefficient (Wildman–Crippen LogP) is 1.52. The number of hydrogen-bond donors (Lipinski definition) is 1. The van der Waals surface area contributed by atoms with Gasteiger partial charge in [-0.25, -0.2) is 9.97 Å². The van der Waals surface area contributed by atoms with Crippen LogP contribution in [0.4, 0.5) is 5.95 Å². The first-order valence-electron chi connectivity index (χ1n) is 8.84. The highest BCUT2D eigenvalue weighted by atomic mass is 16.5. The van der Waals surface area contributed by atoms with Crippen LogP contribution in [0.2, 0.25) is 0 Å². The molecule has 2 aromatic rings. The molecule has 7 heteroatoms. The van der Waals surface area contributed by atoms with Crippen molar-refractivity contribution in [1.82, 2.24) is 20.2 Å². The molecule has 1 N–H and O–H groups in total. The molecule has 0 radical (unpaired) electrons. The summed E-state index contributed by atoms with van der Waals surface area (Å²) in [6.07, 6.45) is 3.57. The minimum Gasteiger partial charge on any atom is -0.380 e. The number of aromatic nitrogens is 2. The minimum absolute atomic E-state index is 0.631. The summed E-state index contributed by atoms with van der Waals surface area (Å²) < 4.78 is 5.20. The third kappa shape index (κ3) is 4.70. The summed E-state index contributed by atoms with van der Waals surface area (Å²) in [6, 6.07) is 10.3. The maximum Gasteiger partial charge on any atom is 0.225 e. The van der Waals surface area contributed by atoms with Gasteiger partial charge < -0.3 is 19.9 Å². The Kier molecular flexibility index (Phi) is 6.38. The molecular weight excluding hydrogens is 328 g/mol. The number of ether oxygens (including phenoxy) is 1. The lowest BCUT2D eigenvalue weighted by Crippen LogP contribution is -2.52. The van der Waals surface area contributed by atoms with Crippen LogP contribution in [0, 0.1) is 0 Å². The van der Waals surface area contributed by atoms with Gasteiger partial charge in [0.2, 0.25) is 5.95 Å². The van der Waals surface area contributed by atoms with Gasteiger partial charge in [0.25, 0.3) is 0 Å². The van der Waals surface area contributed by atoms with Crippen molar-refractivity contribution in [1.29, 1.82) is 0 Å². The topological polar surface area (TPSA) is 65.9 Å². The van der Waals surface area contributed by atoms with E-state index in [1.807, 2.05) is 13.1 Å². The monoisotopic (exact) mass is 354 g/mol. The molecule has 0 unspecified atom stereocenters. The van der Waals surface area contributed by atoms with E-state index >= 15 is 0 Å². The first kappa shape index (κ1) is 18.1. The number of nitrogens with zero attached hydrogens (tertiary/aromatic N) is 5. The van der Waals surface area contributed by atoms with Crippen molar-refractivity contribution < 1.29 is 4.74 Å². The smallest absolute Gasteiger partial charge is 0.225 e. The van der Waals surface area contributed by atoms with E-state index < -0.39 is 0 Å². The van der Waals surface area contributed by atoms with Gasteiger partial charge in [0.05, 0.1) is 6.61 Å². The average Bonchev–Trinajstić information content (AvgIpc) is 2.70. The molecular formula is C19H26N6O. The number of rotatable bonds is 5. The standard InChI is InChI=1S/C19H26N6O/c1-20-18(23-14-16-5-3-6-17(13-16)15-26-2)24-9-11-25(12-10-24)19-21-7-4-8-22-19/h3-8,13H,9-12,14-15H2,1-2H3,(H,20,23). The first-order chi connectivity index (χ1) is 12.8. The zero-order valence-corrected chi connectivity index (χ0v) is 15.4. The summed E-state index contributed by atoms with van der Waals surface area (Å²) in [5.74, 6) is 1.72. The number of aliphatic imine (C=N–C) groups is 1. The van der Waals surface area contributed by atoms with Gasteiger partial charge in [0.1, 0.15) is 0 Å². The summed E-state index contributed by atoms with van der Waals surface area (Å²) in [5, 5.41) is 3.46. The van der Waals surface area contributed by atoms with Crippen molar-refractivity contribution >= 4 is 11.9 Å². The maximum atomic E-state index is 5.20. The fourth-order valence-electron chi connectivity index (χ4n) is 3.08. The maximum absolute atomic E-state index is 5.20. The third-order valence-corrected chi connectivity index (χ3v) is 4.38. The fourth-order valence-corrected chi connectivity index (χ4v) is 3.08. The number of methoxy groups -OCH3 is 1. The molecule has 26 heavy (non-hydrogen) atoms. The first-order valence-corrected chi connectivity index (χ1v) is 8.84. The fraction of sp³-hybridized carbons (Fsp3) is 0.421. The number of hydrogen-bond acceptors (Lipinski definition) is 5. The summed E-state index contributed by atoms with van der Waals surface area (Å²) in [6.45, 7) is 4.92. The molecule has 1 fully saturated rings. The third-order valence-electron chi connectivity index (χ3n) is 4.38. The molecule has 2 heterocycles. The normalized spacial score (nSPS) is 15.2. The molecule has 0 saturated carbocycles. The Balaban J connectivity index is 1.53.